The zero-order valence-electron chi connectivity index (χ0n) is 14.9. The summed E-state index contributed by atoms with van der Waals surface area (Å²) < 4.78 is 5.23. The lowest BCUT2D eigenvalue weighted by Gasteiger charge is -2.21. The fourth-order valence-electron chi connectivity index (χ4n) is 2.15. The van der Waals surface area contributed by atoms with Gasteiger partial charge in [0.1, 0.15) is 5.78 Å². The van der Waals surface area contributed by atoms with Crippen molar-refractivity contribution in [3.8, 4) is 0 Å². The molecule has 0 spiro atoms. The maximum absolute atomic E-state index is 12.0. The van der Waals surface area contributed by atoms with E-state index in [0.717, 1.165) is 6.42 Å². The summed E-state index contributed by atoms with van der Waals surface area (Å²) in [6.07, 6.45) is 4.90. The van der Waals surface area contributed by atoms with Crippen LogP contribution in [-0.4, -0.2) is 49.4 Å². The maximum Gasteiger partial charge on any atom is 0.409 e. The molecule has 6 nitrogen and oxygen atoms in total. The van der Waals surface area contributed by atoms with Crippen LogP contribution in [0.4, 0.5) is 4.79 Å². The summed E-state index contributed by atoms with van der Waals surface area (Å²) in [5, 5.41) is 2.62. The first-order valence-corrected chi connectivity index (χ1v) is 8.11. The average molecular weight is 326 g/mol. The third-order valence-corrected chi connectivity index (χ3v) is 3.55. The van der Waals surface area contributed by atoms with Crippen molar-refractivity contribution in [2.45, 2.75) is 40.5 Å². The second-order valence-electron chi connectivity index (χ2n) is 5.72. The molecule has 0 rings (SSSR count). The Hall–Kier alpha value is -1.85. The van der Waals surface area contributed by atoms with Gasteiger partial charge in [0.15, 0.2) is 0 Å². The van der Waals surface area contributed by atoms with Gasteiger partial charge in [-0.1, -0.05) is 26.0 Å². The number of hydrogen-bond acceptors (Lipinski definition) is 4. The number of allylic oxidation sites excluding steroid dienone is 2. The average Bonchev–Trinajstić information content (AvgIpc) is 2.50. The highest BCUT2D eigenvalue weighted by Crippen LogP contribution is 2.18. The quantitative estimate of drug-likeness (QED) is 0.625. The molecule has 0 bridgehead atoms. The molecule has 0 heterocycles. The minimum absolute atomic E-state index is 0.0442. The maximum atomic E-state index is 12.0. The van der Waals surface area contributed by atoms with Crippen LogP contribution in [0.1, 0.15) is 40.5 Å². The number of Topliss-reactive ketones (excluding diaryl/α,β-unsaturated/α-hetero) is 1. The van der Waals surface area contributed by atoms with Crippen LogP contribution in [0, 0.1) is 11.8 Å². The van der Waals surface area contributed by atoms with Gasteiger partial charge < -0.3 is 15.0 Å². The number of rotatable bonds is 10. The number of ether oxygens (including phenoxy) is 1. The predicted molar refractivity (Wildman–Crippen MR) is 90.0 cm³/mol. The van der Waals surface area contributed by atoms with Crippen molar-refractivity contribution in [2.75, 3.05) is 26.7 Å². The van der Waals surface area contributed by atoms with Gasteiger partial charge in [-0.15, -0.1) is 0 Å². The lowest BCUT2D eigenvalue weighted by Crippen LogP contribution is -2.36. The van der Waals surface area contributed by atoms with Crippen molar-refractivity contribution >= 4 is 17.8 Å². The second kappa shape index (κ2) is 11.7. The Morgan fingerprint density at radius 2 is 1.96 bits per heavy atom. The first kappa shape index (κ1) is 21.1. The van der Waals surface area contributed by atoms with Crippen molar-refractivity contribution in [1.29, 1.82) is 0 Å². The molecule has 6 heteroatoms. The first-order valence-electron chi connectivity index (χ1n) is 8.11. The van der Waals surface area contributed by atoms with Crippen molar-refractivity contribution in [3.63, 3.8) is 0 Å². The van der Waals surface area contributed by atoms with Gasteiger partial charge in [-0.3, -0.25) is 9.59 Å². The Kier molecular flexibility index (Phi) is 10.7. The van der Waals surface area contributed by atoms with Gasteiger partial charge in [-0.05, 0) is 32.6 Å². The monoisotopic (exact) mass is 326 g/mol. The molecule has 2 atom stereocenters. The van der Waals surface area contributed by atoms with E-state index in [-0.39, 0.29) is 42.8 Å². The fraction of sp³-hybridized carbons (Fsp3) is 0.706. The van der Waals surface area contributed by atoms with E-state index in [2.05, 4.69) is 5.32 Å². The highest BCUT2D eigenvalue weighted by Gasteiger charge is 2.22. The molecule has 2 amide bonds. The molecule has 0 saturated heterocycles. The van der Waals surface area contributed by atoms with Crippen LogP contribution in [0.15, 0.2) is 12.2 Å². The highest BCUT2D eigenvalue weighted by molar-refractivity contribution is 5.85. The largest absolute Gasteiger partial charge is 0.449 e. The molecule has 0 aromatic heterocycles. The number of hydrogen-bond donors (Lipinski definition) is 1. The smallest absolute Gasteiger partial charge is 0.409 e. The molecule has 23 heavy (non-hydrogen) atoms. The molecule has 132 valence electrons. The summed E-state index contributed by atoms with van der Waals surface area (Å²) in [5.74, 6) is -0.590. The van der Waals surface area contributed by atoms with Crippen LogP contribution >= 0.6 is 0 Å². The Morgan fingerprint density at radius 1 is 1.30 bits per heavy atom. The molecular formula is C17H30N2O4. The van der Waals surface area contributed by atoms with E-state index >= 15 is 0 Å². The van der Waals surface area contributed by atoms with E-state index in [9.17, 15) is 14.4 Å². The summed E-state index contributed by atoms with van der Waals surface area (Å²) in [5.41, 5.74) is 0. The minimum Gasteiger partial charge on any atom is -0.449 e. The van der Waals surface area contributed by atoms with Crippen LogP contribution in [0.5, 0.6) is 0 Å². The third kappa shape index (κ3) is 9.01. The number of nitrogens with one attached hydrogen (secondary N) is 1. The molecule has 0 unspecified atom stereocenters. The van der Waals surface area contributed by atoms with Crippen LogP contribution < -0.4 is 5.32 Å². The lowest BCUT2D eigenvalue weighted by atomic mass is 9.90. The van der Waals surface area contributed by atoms with E-state index in [1.54, 1.807) is 7.05 Å². The van der Waals surface area contributed by atoms with Gasteiger partial charge in [-0.2, -0.15) is 0 Å². The van der Waals surface area contributed by atoms with E-state index in [1.807, 2.05) is 32.9 Å². The Morgan fingerprint density at radius 3 is 2.48 bits per heavy atom. The number of carbonyl (C=O) groups is 3. The molecule has 1 N–H and O–H groups in total. The summed E-state index contributed by atoms with van der Waals surface area (Å²) >= 11 is 0. The third-order valence-electron chi connectivity index (χ3n) is 3.55. The molecule has 0 aromatic carbocycles. The molecule has 0 fully saturated rings. The normalized spacial score (nSPS) is 13.4. The number of nitrogens with zero attached hydrogens (tertiary/aromatic N) is 1. The fourth-order valence-corrected chi connectivity index (χ4v) is 2.15. The van der Waals surface area contributed by atoms with Gasteiger partial charge in [0.05, 0.1) is 13.2 Å². The number of carbonyl (C=O) groups excluding carboxylic acids is 3. The van der Waals surface area contributed by atoms with E-state index < -0.39 is 0 Å². The van der Waals surface area contributed by atoms with Crippen LogP contribution in [0.3, 0.4) is 0 Å². The second-order valence-corrected chi connectivity index (χ2v) is 5.72. The summed E-state index contributed by atoms with van der Waals surface area (Å²) in [7, 11) is 1.70. The number of amides is 2. The van der Waals surface area contributed by atoms with Gasteiger partial charge in [0.25, 0.3) is 0 Å². The minimum atomic E-state index is -0.347. The molecule has 0 aliphatic heterocycles. The van der Waals surface area contributed by atoms with Crippen LogP contribution in [-0.2, 0) is 14.3 Å². The van der Waals surface area contributed by atoms with Gasteiger partial charge in [0.2, 0.25) is 5.91 Å². The summed E-state index contributed by atoms with van der Waals surface area (Å²) in [6.45, 7) is 8.07. The molecule has 0 aliphatic carbocycles. The Labute approximate surface area is 139 Å². The van der Waals surface area contributed by atoms with Crippen molar-refractivity contribution < 1.29 is 19.1 Å². The topological polar surface area (TPSA) is 75.7 Å². The van der Waals surface area contributed by atoms with E-state index in [4.69, 9.17) is 4.74 Å². The standard InChI is InChI=1S/C17H30N2O4/c1-6-8-15(14(4)16(21)18-12-13(3)20)9-11-23-17(22)19(5)10-7-2/h6,8,14-15H,7,9-12H2,1-5H3,(H,18,21)/b8-6+/t14-,15+/m1/s1. The summed E-state index contributed by atoms with van der Waals surface area (Å²) in [6, 6.07) is 0. The van der Waals surface area contributed by atoms with Gasteiger partial charge >= 0.3 is 6.09 Å². The first-order chi connectivity index (χ1) is 10.8. The Bertz CT molecular complexity index is 421. The van der Waals surface area contributed by atoms with Gasteiger partial charge in [0, 0.05) is 19.5 Å². The van der Waals surface area contributed by atoms with Crippen molar-refractivity contribution in [1.82, 2.24) is 10.2 Å². The zero-order valence-corrected chi connectivity index (χ0v) is 14.9. The van der Waals surface area contributed by atoms with Crippen molar-refractivity contribution in [2.24, 2.45) is 11.8 Å². The van der Waals surface area contributed by atoms with Crippen molar-refractivity contribution in [3.05, 3.63) is 12.2 Å². The predicted octanol–water partition coefficient (Wildman–Crippen LogP) is 2.39. The lowest BCUT2D eigenvalue weighted by molar-refractivity contribution is -0.128. The van der Waals surface area contributed by atoms with E-state index in [1.165, 1.54) is 11.8 Å². The number of ketones is 1. The molecule has 0 aromatic rings. The van der Waals surface area contributed by atoms with Crippen LogP contribution in [0.25, 0.3) is 0 Å². The van der Waals surface area contributed by atoms with E-state index in [0.29, 0.717) is 13.0 Å². The zero-order chi connectivity index (χ0) is 17.8. The molecular weight excluding hydrogens is 296 g/mol. The molecule has 0 aliphatic rings. The molecule has 0 radical (unpaired) electrons. The SMILES string of the molecule is C/C=C/[C@@H](CCOC(=O)N(C)CCC)[C@@H](C)C(=O)NCC(C)=O. The van der Waals surface area contributed by atoms with Gasteiger partial charge in [-0.25, -0.2) is 4.79 Å². The van der Waals surface area contributed by atoms with Crippen LogP contribution in [0.2, 0.25) is 0 Å². The Balaban J connectivity index is 4.42. The highest BCUT2D eigenvalue weighted by atomic mass is 16.6. The molecule has 0 saturated carbocycles. The summed E-state index contributed by atoms with van der Waals surface area (Å²) in [4.78, 5) is 36.2.